The van der Waals surface area contributed by atoms with E-state index in [2.05, 4.69) is 15.5 Å². The van der Waals surface area contributed by atoms with E-state index in [9.17, 15) is 18.0 Å². The van der Waals surface area contributed by atoms with E-state index < -0.39 is 11.7 Å². The fourth-order valence-electron chi connectivity index (χ4n) is 4.01. The Morgan fingerprint density at radius 3 is 2.30 bits per heavy atom. The van der Waals surface area contributed by atoms with Crippen LogP contribution >= 0.6 is 0 Å². The van der Waals surface area contributed by atoms with Gasteiger partial charge in [0.05, 0.1) is 5.56 Å². The van der Waals surface area contributed by atoms with Crippen molar-refractivity contribution < 1.29 is 18.0 Å². The van der Waals surface area contributed by atoms with Crippen molar-refractivity contribution in [3.05, 3.63) is 65.7 Å². The monoisotopic (exact) mass is 456 g/mol. The molecule has 1 fully saturated rings. The Labute approximate surface area is 191 Å². The molecule has 3 aromatic rings. The molecular formula is C25H27F3N4O. The van der Waals surface area contributed by atoms with Crippen molar-refractivity contribution in [2.75, 3.05) is 0 Å². The average Bonchev–Trinajstić information content (AvgIpc) is 3.50. The number of halogens is 3. The van der Waals surface area contributed by atoms with Crippen molar-refractivity contribution in [3.8, 4) is 16.8 Å². The largest absolute Gasteiger partial charge is 0.416 e. The summed E-state index contributed by atoms with van der Waals surface area (Å²) in [5.41, 5.74) is 1.28. The minimum absolute atomic E-state index is 0.0910. The van der Waals surface area contributed by atoms with E-state index in [1.54, 1.807) is 23.0 Å². The van der Waals surface area contributed by atoms with E-state index in [0.717, 1.165) is 30.8 Å². The minimum Gasteiger partial charge on any atom is -0.347 e. The average molecular weight is 457 g/mol. The molecule has 1 amide bonds. The molecule has 5 nitrogen and oxygen atoms in total. The van der Waals surface area contributed by atoms with Crippen LogP contribution in [0.2, 0.25) is 0 Å². The molecule has 33 heavy (non-hydrogen) atoms. The van der Waals surface area contributed by atoms with Gasteiger partial charge in [0.15, 0.2) is 0 Å². The molecule has 1 aliphatic carbocycles. The topological polar surface area (TPSA) is 59.8 Å². The van der Waals surface area contributed by atoms with Crippen LogP contribution in [0.25, 0.3) is 16.8 Å². The van der Waals surface area contributed by atoms with Gasteiger partial charge in [0, 0.05) is 22.7 Å². The Hall–Kier alpha value is -3.16. The lowest BCUT2D eigenvalue weighted by atomic mass is 9.96. The molecule has 0 unspecified atom stereocenters. The molecule has 1 N–H and O–H groups in total. The second-order valence-corrected chi connectivity index (χ2v) is 9.51. The number of amides is 1. The Morgan fingerprint density at radius 1 is 1.06 bits per heavy atom. The minimum atomic E-state index is -4.41. The van der Waals surface area contributed by atoms with Crippen LogP contribution in [0.3, 0.4) is 0 Å². The first-order chi connectivity index (χ1) is 15.5. The molecule has 0 saturated heterocycles. The molecule has 1 heterocycles. The van der Waals surface area contributed by atoms with E-state index in [1.807, 2.05) is 33.8 Å². The van der Waals surface area contributed by atoms with E-state index in [0.29, 0.717) is 28.3 Å². The number of nitrogens with zero attached hydrogens (tertiary/aromatic N) is 3. The third-order valence-corrected chi connectivity index (χ3v) is 6.13. The Morgan fingerprint density at radius 2 is 1.73 bits per heavy atom. The number of benzene rings is 2. The lowest BCUT2D eigenvalue weighted by molar-refractivity contribution is -0.137. The zero-order valence-electron chi connectivity index (χ0n) is 19.1. The molecule has 0 radical (unpaired) electrons. The molecule has 174 valence electrons. The van der Waals surface area contributed by atoms with Gasteiger partial charge in [0.2, 0.25) is 0 Å². The van der Waals surface area contributed by atoms with E-state index in [-0.39, 0.29) is 17.4 Å². The molecule has 1 saturated carbocycles. The number of carbonyl (C=O) groups is 1. The number of hydrogen-bond donors (Lipinski definition) is 1. The molecule has 4 rings (SSSR count). The Bertz CT molecular complexity index is 1160. The fraction of sp³-hybridized carbons (Fsp3) is 0.400. The molecule has 1 aliphatic rings. The summed E-state index contributed by atoms with van der Waals surface area (Å²) in [6, 6.07) is 10.3. The summed E-state index contributed by atoms with van der Waals surface area (Å²) >= 11 is 0. The fourth-order valence-corrected chi connectivity index (χ4v) is 4.01. The predicted octanol–water partition coefficient (Wildman–Crippen LogP) is 5.99. The number of alkyl halides is 3. The zero-order valence-corrected chi connectivity index (χ0v) is 19.1. The normalized spacial score (nSPS) is 14.5. The molecule has 2 aromatic carbocycles. The lowest BCUT2D eigenvalue weighted by Crippen LogP contribution is -2.45. The van der Waals surface area contributed by atoms with Gasteiger partial charge in [0.1, 0.15) is 12.2 Å². The number of nitrogens with one attached hydrogen (secondary N) is 1. The summed E-state index contributed by atoms with van der Waals surface area (Å²) in [5, 5.41) is 11.3. The molecule has 0 aliphatic heterocycles. The molecule has 0 bridgehead atoms. The van der Waals surface area contributed by atoms with Crippen molar-refractivity contribution >= 4 is 5.91 Å². The third-order valence-electron chi connectivity index (χ3n) is 6.13. The molecule has 0 spiro atoms. The van der Waals surface area contributed by atoms with Crippen molar-refractivity contribution in [1.82, 2.24) is 20.1 Å². The number of hydrogen-bond acceptors (Lipinski definition) is 3. The van der Waals surface area contributed by atoms with Gasteiger partial charge in [0.25, 0.3) is 5.91 Å². The molecular weight excluding hydrogens is 429 g/mol. The predicted molar refractivity (Wildman–Crippen MR) is 120 cm³/mol. The molecule has 1 aromatic heterocycles. The maximum Gasteiger partial charge on any atom is 0.416 e. The van der Waals surface area contributed by atoms with Crippen LogP contribution in [0.5, 0.6) is 0 Å². The van der Waals surface area contributed by atoms with E-state index in [1.165, 1.54) is 12.1 Å². The Kier molecular flexibility index (Phi) is 5.80. The van der Waals surface area contributed by atoms with Gasteiger partial charge in [-0.25, -0.2) is 0 Å². The standard InChI is InChI=1S/C25H27F3N4O/c1-15(2)22-31-29-14-32(22)21-12-17(16-5-7-20(8-6-16)25(26,27)28)11-18(13-21)23(33)30-24(3,4)19-9-10-19/h5-8,11-15,19H,9-10H2,1-4H3,(H,30,33). The van der Waals surface area contributed by atoms with Crippen LogP contribution in [0, 0.1) is 5.92 Å². The maximum atomic E-state index is 13.2. The number of carbonyl (C=O) groups excluding carboxylic acids is 1. The van der Waals surface area contributed by atoms with Gasteiger partial charge in [-0.15, -0.1) is 10.2 Å². The maximum absolute atomic E-state index is 13.2. The van der Waals surface area contributed by atoms with E-state index >= 15 is 0 Å². The molecule has 0 atom stereocenters. The van der Waals surface area contributed by atoms with Crippen molar-refractivity contribution in [2.24, 2.45) is 5.92 Å². The van der Waals surface area contributed by atoms with Crippen LogP contribution in [-0.4, -0.2) is 26.2 Å². The number of aromatic nitrogens is 3. The van der Waals surface area contributed by atoms with Gasteiger partial charge in [-0.3, -0.25) is 9.36 Å². The highest BCUT2D eigenvalue weighted by atomic mass is 19.4. The van der Waals surface area contributed by atoms with Crippen molar-refractivity contribution in [1.29, 1.82) is 0 Å². The van der Waals surface area contributed by atoms with Crippen LogP contribution in [0.1, 0.15) is 68.2 Å². The smallest absolute Gasteiger partial charge is 0.347 e. The van der Waals surface area contributed by atoms with Gasteiger partial charge in [-0.1, -0.05) is 26.0 Å². The summed E-state index contributed by atoms with van der Waals surface area (Å²) in [7, 11) is 0. The van der Waals surface area contributed by atoms with Gasteiger partial charge in [-0.2, -0.15) is 13.2 Å². The highest BCUT2D eigenvalue weighted by Crippen LogP contribution is 2.39. The highest BCUT2D eigenvalue weighted by Gasteiger charge is 2.39. The van der Waals surface area contributed by atoms with Crippen LogP contribution in [0.15, 0.2) is 48.8 Å². The van der Waals surface area contributed by atoms with Gasteiger partial charge in [-0.05, 0) is 74.1 Å². The Balaban J connectivity index is 1.78. The van der Waals surface area contributed by atoms with E-state index in [4.69, 9.17) is 0 Å². The number of rotatable bonds is 6. The summed E-state index contributed by atoms with van der Waals surface area (Å²) in [5.74, 6) is 1.04. The summed E-state index contributed by atoms with van der Waals surface area (Å²) in [4.78, 5) is 13.2. The molecule has 8 heteroatoms. The zero-order chi connectivity index (χ0) is 24.0. The van der Waals surface area contributed by atoms with Crippen molar-refractivity contribution in [3.63, 3.8) is 0 Å². The quantitative estimate of drug-likeness (QED) is 0.495. The first kappa shape index (κ1) is 23.0. The summed E-state index contributed by atoms with van der Waals surface area (Å²) < 4.78 is 40.9. The second kappa shape index (κ2) is 8.32. The lowest BCUT2D eigenvalue weighted by Gasteiger charge is -2.26. The SMILES string of the molecule is CC(C)c1nncn1-c1cc(C(=O)NC(C)(C)C2CC2)cc(-c2ccc(C(F)(F)F)cc2)c1. The first-order valence-electron chi connectivity index (χ1n) is 11.0. The second-order valence-electron chi connectivity index (χ2n) is 9.51. The highest BCUT2D eigenvalue weighted by molar-refractivity contribution is 5.96. The van der Waals surface area contributed by atoms with Crippen LogP contribution in [-0.2, 0) is 6.18 Å². The summed E-state index contributed by atoms with van der Waals surface area (Å²) in [6.07, 6.45) is -0.656. The third kappa shape index (κ3) is 4.94. The van der Waals surface area contributed by atoms with Crippen LogP contribution in [0.4, 0.5) is 13.2 Å². The summed E-state index contributed by atoms with van der Waals surface area (Å²) in [6.45, 7) is 8.01. The first-order valence-corrected chi connectivity index (χ1v) is 11.0. The van der Waals surface area contributed by atoms with Crippen LogP contribution < -0.4 is 5.32 Å². The van der Waals surface area contributed by atoms with Gasteiger partial charge < -0.3 is 5.32 Å². The van der Waals surface area contributed by atoms with Gasteiger partial charge >= 0.3 is 6.18 Å². The van der Waals surface area contributed by atoms with Crippen molar-refractivity contribution in [2.45, 2.75) is 58.2 Å².